The Morgan fingerprint density at radius 3 is 1.29 bits per heavy atom. The van der Waals surface area contributed by atoms with Gasteiger partial charge in [0, 0.05) is 19.4 Å². The van der Waals surface area contributed by atoms with Crippen LogP contribution in [-0.2, 0) is 27.9 Å². The molecule has 9 nitrogen and oxygen atoms in total. The van der Waals surface area contributed by atoms with Gasteiger partial charge in [0.2, 0.25) is 5.91 Å². The zero-order valence-corrected chi connectivity index (χ0v) is 39.8. The van der Waals surface area contributed by atoms with Gasteiger partial charge in [-0.3, -0.25) is 18.6 Å². The molecule has 0 heterocycles. The number of ether oxygens (including phenoxy) is 1. The summed E-state index contributed by atoms with van der Waals surface area (Å²) < 4.78 is 26.9. The van der Waals surface area contributed by atoms with Crippen molar-refractivity contribution < 1.29 is 37.9 Å². The Labute approximate surface area is 382 Å². The Hall–Kier alpha value is -3.85. The van der Waals surface area contributed by atoms with Crippen LogP contribution in [0, 0.1) is 0 Å². The van der Waals surface area contributed by atoms with Crippen molar-refractivity contribution in [2.45, 2.75) is 161 Å². The van der Waals surface area contributed by atoms with Gasteiger partial charge in [0.25, 0.3) is 0 Å². The SMILES string of the molecule is CC/C=C\C/C=C\C/C=C\C/C=C\C/C=C\C/C=C\CCCCCCC(=O)NCCOP(=O)(O)OCC(O)COC(=O)CCCCC/C=C\C/C=C\C/C=C\C/C=C\C/C=C\CC. The number of carbonyl (C=O) groups excluding carboxylic acids is 2. The van der Waals surface area contributed by atoms with Crippen LogP contribution < -0.4 is 5.32 Å². The minimum absolute atomic E-state index is 0.0535. The third kappa shape index (κ3) is 49.0. The van der Waals surface area contributed by atoms with Crippen LogP contribution in [0.1, 0.15) is 155 Å². The number of hydrogen-bond acceptors (Lipinski definition) is 7. The van der Waals surface area contributed by atoms with Gasteiger partial charge in [-0.25, -0.2) is 4.57 Å². The molecule has 0 saturated heterocycles. The molecule has 354 valence electrons. The zero-order valence-electron chi connectivity index (χ0n) is 39.0. The van der Waals surface area contributed by atoms with E-state index in [2.05, 4.69) is 153 Å². The molecule has 0 aromatic rings. The highest BCUT2D eigenvalue weighted by Gasteiger charge is 2.23. The number of allylic oxidation sites excluding steroid dienone is 22. The molecule has 0 radical (unpaired) electrons. The quantitative estimate of drug-likeness (QED) is 0.0239. The monoisotopic (exact) mass is 894 g/mol. The normalized spacial score (nSPS) is 14.4. The minimum atomic E-state index is -4.45. The zero-order chi connectivity index (χ0) is 46.0. The smallest absolute Gasteiger partial charge is 0.463 e. The first-order valence-corrected chi connectivity index (χ1v) is 25.2. The molecule has 0 fully saturated rings. The number of aliphatic hydroxyl groups is 1. The average Bonchev–Trinajstić information content (AvgIpc) is 3.27. The second-order valence-corrected chi connectivity index (χ2v) is 16.4. The Bertz CT molecular complexity index is 1480. The number of phosphoric acid groups is 1. The Balaban J connectivity index is 3.73. The molecule has 0 rings (SSSR count). The standard InChI is InChI=1S/C53H84NO8P/c1-3-5-7-9-11-13-15-17-19-21-23-24-25-26-28-29-31-33-35-37-39-41-43-45-52(56)54-47-48-61-63(58,59)62-50-51(55)49-60-53(57)46-44-42-40-38-36-34-32-30-27-22-20-18-16-14-12-10-8-6-4-2/h5-8,11-14,17-20,23-24,26-28,30-31,33-34,36,51,55H,3-4,9-10,15-16,21-22,25,29,32,35,37-50H2,1-2H3,(H,54,56)(H,58,59)/b7-5-,8-6-,13-11-,14-12-,19-17-,20-18-,24-23-,28-26-,30-27-,33-31-,36-34-. The highest BCUT2D eigenvalue weighted by Crippen LogP contribution is 2.42. The van der Waals surface area contributed by atoms with Gasteiger partial charge in [-0.15, -0.1) is 0 Å². The van der Waals surface area contributed by atoms with E-state index in [1.807, 2.05) is 0 Å². The lowest BCUT2D eigenvalue weighted by Crippen LogP contribution is -2.27. The van der Waals surface area contributed by atoms with Crippen LogP contribution in [0.15, 0.2) is 134 Å². The molecule has 0 saturated carbocycles. The summed E-state index contributed by atoms with van der Waals surface area (Å²) in [6, 6.07) is 0. The van der Waals surface area contributed by atoms with E-state index in [-0.39, 0.29) is 32.1 Å². The second kappa shape index (κ2) is 47.6. The van der Waals surface area contributed by atoms with E-state index < -0.39 is 26.5 Å². The molecule has 0 bridgehead atoms. The van der Waals surface area contributed by atoms with Gasteiger partial charge in [-0.1, -0.05) is 167 Å². The van der Waals surface area contributed by atoms with Crippen molar-refractivity contribution in [1.29, 1.82) is 0 Å². The molecule has 2 unspecified atom stereocenters. The fourth-order valence-corrected chi connectivity index (χ4v) is 6.34. The van der Waals surface area contributed by atoms with Crippen molar-refractivity contribution in [3.05, 3.63) is 134 Å². The van der Waals surface area contributed by atoms with Crippen molar-refractivity contribution in [2.24, 2.45) is 0 Å². The second-order valence-electron chi connectivity index (χ2n) is 15.0. The fraction of sp³-hybridized carbons (Fsp3) is 0.547. The van der Waals surface area contributed by atoms with Crippen LogP contribution >= 0.6 is 7.82 Å². The van der Waals surface area contributed by atoms with E-state index >= 15 is 0 Å². The lowest BCUT2D eigenvalue weighted by Gasteiger charge is -2.15. The summed E-state index contributed by atoms with van der Waals surface area (Å²) in [5, 5.41) is 12.7. The van der Waals surface area contributed by atoms with Crippen LogP contribution in [0.3, 0.4) is 0 Å². The van der Waals surface area contributed by atoms with Crippen molar-refractivity contribution >= 4 is 19.7 Å². The van der Waals surface area contributed by atoms with Crippen LogP contribution in [0.5, 0.6) is 0 Å². The number of nitrogens with one attached hydrogen (secondary N) is 1. The third-order valence-corrected chi connectivity index (χ3v) is 10.1. The van der Waals surface area contributed by atoms with E-state index in [0.29, 0.717) is 12.8 Å². The summed E-state index contributed by atoms with van der Waals surface area (Å²) in [6.45, 7) is 3.22. The summed E-state index contributed by atoms with van der Waals surface area (Å²) in [5.41, 5.74) is 0. The molecule has 0 spiro atoms. The minimum Gasteiger partial charge on any atom is -0.463 e. The largest absolute Gasteiger partial charge is 0.472 e. The molecule has 0 aliphatic heterocycles. The molecule has 0 aliphatic rings. The summed E-state index contributed by atoms with van der Waals surface area (Å²) in [4.78, 5) is 34.0. The number of hydrogen-bond donors (Lipinski definition) is 3. The van der Waals surface area contributed by atoms with Crippen LogP contribution in [0.4, 0.5) is 0 Å². The molecule has 0 aliphatic carbocycles. The number of carbonyl (C=O) groups is 2. The fourth-order valence-electron chi connectivity index (χ4n) is 5.58. The number of amides is 1. The van der Waals surface area contributed by atoms with E-state index in [1.54, 1.807) is 0 Å². The van der Waals surface area contributed by atoms with E-state index in [9.17, 15) is 24.2 Å². The van der Waals surface area contributed by atoms with Gasteiger partial charge >= 0.3 is 13.8 Å². The number of phosphoric ester groups is 1. The predicted octanol–water partition coefficient (Wildman–Crippen LogP) is 13.9. The first-order chi connectivity index (χ1) is 30.8. The van der Waals surface area contributed by atoms with Gasteiger partial charge in [0.15, 0.2) is 0 Å². The molecular weight excluding hydrogens is 810 g/mol. The van der Waals surface area contributed by atoms with Crippen molar-refractivity contribution in [3.63, 3.8) is 0 Å². The molecule has 3 N–H and O–H groups in total. The first-order valence-electron chi connectivity index (χ1n) is 23.7. The Morgan fingerprint density at radius 2 is 0.857 bits per heavy atom. The van der Waals surface area contributed by atoms with Gasteiger partial charge in [0.05, 0.1) is 13.2 Å². The summed E-state index contributed by atoms with van der Waals surface area (Å²) in [7, 11) is -4.45. The molecule has 0 aromatic heterocycles. The van der Waals surface area contributed by atoms with Gasteiger partial charge in [0.1, 0.15) is 12.7 Å². The molecular formula is C53H84NO8P. The number of esters is 1. The summed E-state index contributed by atoms with van der Waals surface area (Å²) >= 11 is 0. The van der Waals surface area contributed by atoms with E-state index in [0.717, 1.165) is 122 Å². The van der Waals surface area contributed by atoms with Crippen molar-refractivity contribution in [3.8, 4) is 0 Å². The lowest BCUT2D eigenvalue weighted by atomic mass is 10.1. The third-order valence-electron chi connectivity index (χ3n) is 9.08. The molecule has 0 aromatic carbocycles. The predicted molar refractivity (Wildman–Crippen MR) is 265 cm³/mol. The van der Waals surface area contributed by atoms with Gasteiger partial charge in [-0.2, -0.15) is 0 Å². The molecule has 63 heavy (non-hydrogen) atoms. The average molecular weight is 894 g/mol. The van der Waals surface area contributed by atoms with Crippen molar-refractivity contribution in [2.75, 3.05) is 26.4 Å². The Kier molecular flexibility index (Phi) is 44.7. The summed E-state index contributed by atoms with van der Waals surface area (Å²) in [6.07, 6.45) is 66.7. The van der Waals surface area contributed by atoms with Crippen LogP contribution in [0.25, 0.3) is 0 Å². The maximum Gasteiger partial charge on any atom is 0.472 e. The van der Waals surface area contributed by atoms with E-state index in [1.165, 1.54) is 0 Å². The first kappa shape index (κ1) is 59.1. The number of aliphatic hydroxyl groups excluding tert-OH is 1. The van der Waals surface area contributed by atoms with Crippen molar-refractivity contribution in [1.82, 2.24) is 5.32 Å². The van der Waals surface area contributed by atoms with Crippen LogP contribution in [0.2, 0.25) is 0 Å². The highest BCUT2D eigenvalue weighted by atomic mass is 31.2. The number of rotatable bonds is 42. The molecule has 10 heteroatoms. The maximum absolute atomic E-state index is 12.1. The number of unbranched alkanes of at least 4 members (excludes halogenated alkanes) is 7. The highest BCUT2D eigenvalue weighted by molar-refractivity contribution is 7.47. The Morgan fingerprint density at radius 1 is 0.492 bits per heavy atom. The topological polar surface area (TPSA) is 131 Å². The van der Waals surface area contributed by atoms with Gasteiger partial charge < -0.3 is 20.1 Å². The maximum atomic E-state index is 12.1. The van der Waals surface area contributed by atoms with Crippen LogP contribution in [-0.4, -0.2) is 54.3 Å². The van der Waals surface area contributed by atoms with Gasteiger partial charge in [-0.05, 0) is 109 Å². The summed E-state index contributed by atoms with van der Waals surface area (Å²) in [5.74, 6) is -0.587. The lowest BCUT2D eigenvalue weighted by molar-refractivity contribution is -0.147. The molecule has 2 atom stereocenters. The molecule has 1 amide bonds. The van der Waals surface area contributed by atoms with E-state index in [4.69, 9.17) is 13.8 Å².